The van der Waals surface area contributed by atoms with Gasteiger partial charge in [-0.1, -0.05) is 42.5 Å². The number of nitro benzene ring substituents is 1. The summed E-state index contributed by atoms with van der Waals surface area (Å²) < 4.78 is 19.2. The molecule has 0 radical (unpaired) electrons. The molecule has 3 rings (SSSR count). The zero-order valence-corrected chi connectivity index (χ0v) is 12.7. The van der Waals surface area contributed by atoms with E-state index in [1.54, 1.807) is 24.3 Å². The first-order chi connectivity index (χ1) is 11.6. The maximum absolute atomic E-state index is 13.5. The van der Waals surface area contributed by atoms with Crippen molar-refractivity contribution in [2.75, 3.05) is 0 Å². The van der Waals surface area contributed by atoms with Gasteiger partial charge in [-0.2, -0.15) is 0 Å². The van der Waals surface area contributed by atoms with Crippen LogP contribution >= 0.6 is 0 Å². The molecule has 3 aromatic rings. The average molecular weight is 323 g/mol. The first-order valence-electron chi connectivity index (χ1n) is 7.34. The van der Waals surface area contributed by atoms with Crippen molar-refractivity contribution in [3.05, 3.63) is 94.3 Å². The highest BCUT2D eigenvalue weighted by molar-refractivity contribution is 5.74. The van der Waals surface area contributed by atoms with Gasteiger partial charge in [0.2, 0.25) is 0 Å². The fourth-order valence-corrected chi connectivity index (χ4v) is 2.39. The SMILES string of the molecule is O=[N+]([O-])c1ccc(F)cc1-c1cccc(OCc2ccccc2)c1. The summed E-state index contributed by atoms with van der Waals surface area (Å²) in [7, 11) is 0. The van der Waals surface area contributed by atoms with Crippen LogP contribution in [0.25, 0.3) is 11.1 Å². The molecule has 0 atom stereocenters. The number of rotatable bonds is 5. The van der Waals surface area contributed by atoms with Gasteiger partial charge in [-0.15, -0.1) is 0 Å². The molecular formula is C19H14FNO3. The Kier molecular flexibility index (Phi) is 4.52. The summed E-state index contributed by atoms with van der Waals surface area (Å²) in [6, 6.07) is 19.9. The fourth-order valence-electron chi connectivity index (χ4n) is 2.39. The number of ether oxygens (including phenoxy) is 1. The Bertz CT molecular complexity index is 865. The molecule has 3 aromatic carbocycles. The van der Waals surface area contributed by atoms with Crippen molar-refractivity contribution < 1.29 is 14.1 Å². The third kappa shape index (κ3) is 3.57. The minimum atomic E-state index is -0.522. The molecule has 4 nitrogen and oxygen atoms in total. The Balaban J connectivity index is 1.88. The monoisotopic (exact) mass is 323 g/mol. The third-order valence-corrected chi connectivity index (χ3v) is 3.55. The molecule has 5 heteroatoms. The van der Waals surface area contributed by atoms with Gasteiger partial charge in [-0.25, -0.2) is 4.39 Å². The van der Waals surface area contributed by atoms with Crippen LogP contribution in [0.2, 0.25) is 0 Å². The second-order valence-corrected chi connectivity index (χ2v) is 5.22. The Labute approximate surface area is 138 Å². The van der Waals surface area contributed by atoms with Crippen LogP contribution in [0.3, 0.4) is 0 Å². The molecule has 0 heterocycles. The van der Waals surface area contributed by atoms with Crippen LogP contribution in [0.15, 0.2) is 72.8 Å². The van der Waals surface area contributed by atoms with E-state index < -0.39 is 10.7 Å². The minimum absolute atomic E-state index is 0.142. The van der Waals surface area contributed by atoms with E-state index in [9.17, 15) is 14.5 Å². The van der Waals surface area contributed by atoms with Crippen LogP contribution in [0.5, 0.6) is 5.75 Å². The molecule has 0 aromatic heterocycles. The van der Waals surface area contributed by atoms with Gasteiger partial charge in [0.25, 0.3) is 5.69 Å². The first-order valence-corrected chi connectivity index (χ1v) is 7.34. The van der Waals surface area contributed by atoms with Crippen LogP contribution in [-0.2, 0) is 6.61 Å². The van der Waals surface area contributed by atoms with Crippen molar-refractivity contribution in [3.63, 3.8) is 0 Å². The summed E-state index contributed by atoms with van der Waals surface area (Å²) >= 11 is 0. The minimum Gasteiger partial charge on any atom is -0.489 e. The zero-order chi connectivity index (χ0) is 16.9. The molecule has 120 valence electrons. The third-order valence-electron chi connectivity index (χ3n) is 3.55. The van der Waals surface area contributed by atoms with E-state index in [-0.39, 0.29) is 11.3 Å². The number of benzene rings is 3. The van der Waals surface area contributed by atoms with Crippen LogP contribution in [0, 0.1) is 15.9 Å². The van der Waals surface area contributed by atoms with E-state index in [1.165, 1.54) is 6.07 Å². The maximum atomic E-state index is 13.5. The second kappa shape index (κ2) is 6.91. The van der Waals surface area contributed by atoms with E-state index in [1.807, 2.05) is 30.3 Å². The van der Waals surface area contributed by atoms with Crippen LogP contribution < -0.4 is 4.74 Å². The summed E-state index contributed by atoms with van der Waals surface area (Å²) in [5, 5.41) is 11.2. The fraction of sp³-hybridized carbons (Fsp3) is 0.0526. The highest BCUT2D eigenvalue weighted by Gasteiger charge is 2.16. The Morgan fingerprint density at radius 3 is 2.50 bits per heavy atom. The summed E-state index contributed by atoms with van der Waals surface area (Å²) in [6.07, 6.45) is 0. The quantitative estimate of drug-likeness (QED) is 0.491. The van der Waals surface area contributed by atoms with Gasteiger partial charge in [-0.05, 0) is 35.4 Å². The lowest BCUT2D eigenvalue weighted by Gasteiger charge is -2.09. The van der Waals surface area contributed by atoms with Crippen molar-refractivity contribution >= 4 is 5.69 Å². The second-order valence-electron chi connectivity index (χ2n) is 5.22. The van der Waals surface area contributed by atoms with Crippen molar-refractivity contribution in [3.8, 4) is 16.9 Å². The Hall–Kier alpha value is -3.21. The largest absolute Gasteiger partial charge is 0.489 e. The molecule has 0 N–H and O–H groups in total. The zero-order valence-electron chi connectivity index (χ0n) is 12.7. The van der Waals surface area contributed by atoms with Gasteiger partial charge in [-0.3, -0.25) is 10.1 Å². The predicted octanol–water partition coefficient (Wildman–Crippen LogP) is 4.98. The molecule has 0 saturated carbocycles. The molecule has 0 amide bonds. The smallest absolute Gasteiger partial charge is 0.277 e. The van der Waals surface area contributed by atoms with E-state index in [0.29, 0.717) is 17.9 Å². The lowest BCUT2D eigenvalue weighted by atomic mass is 10.0. The Morgan fingerprint density at radius 2 is 1.75 bits per heavy atom. The molecule has 0 aliphatic rings. The van der Waals surface area contributed by atoms with Crippen LogP contribution in [-0.4, -0.2) is 4.92 Å². The van der Waals surface area contributed by atoms with Crippen molar-refractivity contribution in [2.45, 2.75) is 6.61 Å². The molecule has 0 saturated heterocycles. The van der Waals surface area contributed by atoms with Gasteiger partial charge in [0, 0.05) is 6.07 Å². The highest BCUT2D eigenvalue weighted by atomic mass is 19.1. The van der Waals surface area contributed by atoms with Crippen molar-refractivity contribution in [1.29, 1.82) is 0 Å². The lowest BCUT2D eigenvalue weighted by Crippen LogP contribution is -1.96. The molecule has 0 fully saturated rings. The molecule has 0 aliphatic carbocycles. The van der Waals surface area contributed by atoms with Crippen LogP contribution in [0.1, 0.15) is 5.56 Å². The normalized spacial score (nSPS) is 10.4. The van der Waals surface area contributed by atoms with Gasteiger partial charge in [0.1, 0.15) is 18.2 Å². The molecule has 24 heavy (non-hydrogen) atoms. The maximum Gasteiger partial charge on any atom is 0.277 e. The van der Waals surface area contributed by atoms with E-state index >= 15 is 0 Å². The van der Waals surface area contributed by atoms with E-state index in [0.717, 1.165) is 17.7 Å². The van der Waals surface area contributed by atoms with Gasteiger partial charge in [0.05, 0.1) is 10.5 Å². The van der Waals surface area contributed by atoms with E-state index in [4.69, 9.17) is 4.74 Å². The average Bonchev–Trinajstić information content (AvgIpc) is 2.61. The number of halogens is 1. The molecule has 0 unspecified atom stereocenters. The molecule has 0 spiro atoms. The Morgan fingerprint density at radius 1 is 0.958 bits per heavy atom. The van der Waals surface area contributed by atoms with E-state index in [2.05, 4.69) is 0 Å². The molecule has 0 aliphatic heterocycles. The van der Waals surface area contributed by atoms with Crippen LogP contribution in [0.4, 0.5) is 10.1 Å². The summed E-state index contributed by atoms with van der Waals surface area (Å²) in [5.41, 5.74) is 1.63. The summed E-state index contributed by atoms with van der Waals surface area (Å²) in [5.74, 6) is 0.0427. The first kappa shape index (κ1) is 15.7. The molecule has 0 bridgehead atoms. The summed E-state index contributed by atoms with van der Waals surface area (Å²) in [6.45, 7) is 0.384. The standard InChI is InChI=1S/C19H14FNO3/c20-16-9-10-19(21(22)23)18(12-16)15-7-4-8-17(11-15)24-13-14-5-2-1-3-6-14/h1-12H,13H2. The highest BCUT2D eigenvalue weighted by Crippen LogP contribution is 2.32. The van der Waals surface area contributed by atoms with Gasteiger partial charge in [0.15, 0.2) is 0 Å². The molecular weight excluding hydrogens is 309 g/mol. The number of nitro groups is 1. The number of hydrogen-bond acceptors (Lipinski definition) is 3. The van der Waals surface area contributed by atoms with Gasteiger partial charge < -0.3 is 4.74 Å². The van der Waals surface area contributed by atoms with Crippen molar-refractivity contribution in [1.82, 2.24) is 0 Å². The lowest BCUT2D eigenvalue weighted by molar-refractivity contribution is -0.384. The summed E-state index contributed by atoms with van der Waals surface area (Å²) in [4.78, 5) is 10.6. The predicted molar refractivity (Wildman–Crippen MR) is 89.3 cm³/mol. The van der Waals surface area contributed by atoms with Crippen molar-refractivity contribution in [2.24, 2.45) is 0 Å². The van der Waals surface area contributed by atoms with Gasteiger partial charge >= 0.3 is 0 Å². The topological polar surface area (TPSA) is 52.4 Å². The number of nitrogens with zero attached hydrogens (tertiary/aromatic N) is 1. The number of hydrogen-bond donors (Lipinski definition) is 0.